The van der Waals surface area contributed by atoms with E-state index in [1.807, 2.05) is 38.5 Å². The van der Waals surface area contributed by atoms with Crippen LogP contribution in [0, 0.1) is 0 Å². The van der Waals surface area contributed by atoms with Crippen LogP contribution in [0.4, 0.5) is 0 Å². The van der Waals surface area contributed by atoms with Crippen molar-refractivity contribution in [3.8, 4) is 5.75 Å². The van der Waals surface area contributed by atoms with Crippen molar-refractivity contribution in [2.24, 2.45) is 7.05 Å². The van der Waals surface area contributed by atoms with Crippen LogP contribution in [0.25, 0.3) is 0 Å². The fourth-order valence-electron chi connectivity index (χ4n) is 1.63. The number of nitrogens with one attached hydrogen (secondary N) is 1. The molecule has 0 fully saturated rings. The minimum absolute atomic E-state index is 0.423. The van der Waals surface area contributed by atoms with Crippen LogP contribution in [0.5, 0.6) is 5.75 Å². The maximum absolute atomic E-state index is 5.77. The van der Waals surface area contributed by atoms with Crippen LogP contribution in [0.3, 0.4) is 0 Å². The van der Waals surface area contributed by atoms with E-state index in [1.54, 1.807) is 4.68 Å². The molecule has 2 aromatic rings. The highest BCUT2D eigenvalue weighted by atomic mass is 79.9. The number of aryl methyl sites for hydroxylation is 1. The van der Waals surface area contributed by atoms with E-state index in [2.05, 4.69) is 31.6 Å². The monoisotopic (exact) mass is 310 g/mol. The molecule has 0 aliphatic heterocycles. The second-order valence-corrected chi connectivity index (χ2v) is 4.87. The van der Waals surface area contributed by atoms with Crippen molar-refractivity contribution in [1.82, 2.24) is 20.3 Å². The first-order chi connectivity index (χ1) is 8.69. The Balaban J connectivity index is 2.08. The molecule has 18 heavy (non-hydrogen) atoms. The van der Waals surface area contributed by atoms with Crippen molar-refractivity contribution in [3.63, 3.8) is 0 Å². The summed E-state index contributed by atoms with van der Waals surface area (Å²) in [4.78, 5) is 0. The Hall–Kier alpha value is -1.40. The van der Waals surface area contributed by atoms with E-state index >= 15 is 0 Å². The smallest absolute Gasteiger partial charge is 0.134 e. The third kappa shape index (κ3) is 3.30. The zero-order chi connectivity index (χ0) is 13.0. The molecule has 0 amide bonds. The molecule has 1 heterocycles. The molecular formula is C12H15BrN4O. The topological polar surface area (TPSA) is 52.0 Å². The first-order valence-electron chi connectivity index (χ1n) is 5.60. The van der Waals surface area contributed by atoms with Gasteiger partial charge in [-0.3, -0.25) is 4.68 Å². The molecule has 5 nitrogen and oxygen atoms in total. The molecule has 2 rings (SSSR count). The Labute approximate surface area is 114 Å². The van der Waals surface area contributed by atoms with Crippen LogP contribution in [-0.4, -0.2) is 22.0 Å². The van der Waals surface area contributed by atoms with E-state index < -0.39 is 0 Å². The van der Waals surface area contributed by atoms with Crippen LogP contribution >= 0.6 is 15.9 Å². The zero-order valence-electron chi connectivity index (χ0n) is 10.4. The van der Waals surface area contributed by atoms with Gasteiger partial charge in [0.05, 0.1) is 6.20 Å². The average Bonchev–Trinajstić information content (AvgIpc) is 2.75. The van der Waals surface area contributed by atoms with Crippen LogP contribution < -0.4 is 10.1 Å². The van der Waals surface area contributed by atoms with Gasteiger partial charge in [0.15, 0.2) is 0 Å². The number of rotatable bonds is 5. The van der Waals surface area contributed by atoms with Crippen LogP contribution in [0.2, 0.25) is 0 Å². The lowest BCUT2D eigenvalue weighted by atomic mass is 10.2. The minimum atomic E-state index is 0.423. The lowest BCUT2D eigenvalue weighted by Crippen LogP contribution is -2.07. The third-order valence-corrected chi connectivity index (χ3v) is 2.91. The molecular weight excluding hydrogens is 296 g/mol. The molecule has 1 aromatic heterocycles. The number of ether oxygens (including phenoxy) is 1. The summed E-state index contributed by atoms with van der Waals surface area (Å²) in [5.74, 6) is 0.859. The van der Waals surface area contributed by atoms with Gasteiger partial charge in [0.25, 0.3) is 0 Å². The fourth-order valence-corrected chi connectivity index (χ4v) is 2.04. The van der Waals surface area contributed by atoms with Crippen molar-refractivity contribution < 1.29 is 4.74 Å². The molecule has 96 valence electrons. The van der Waals surface area contributed by atoms with Crippen molar-refractivity contribution >= 4 is 15.9 Å². The molecule has 0 unspecified atom stereocenters. The molecule has 0 aliphatic carbocycles. The van der Waals surface area contributed by atoms with E-state index in [0.717, 1.165) is 28.0 Å². The van der Waals surface area contributed by atoms with Gasteiger partial charge in [-0.1, -0.05) is 21.1 Å². The van der Waals surface area contributed by atoms with Crippen molar-refractivity contribution in [2.75, 3.05) is 7.05 Å². The normalized spacial score (nSPS) is 10.6. The molecule has 0 bridgehead atoms. The summed E-state index contributed by atoms with van der Waals surface area (Å²) in [5.41, 5.74) is 1.92. The van der Waals surface area contributed by atoms with Gasteiger partial charge < -0.3 is 10.1 Å². The molecule has 0 spiro atoms. The molecule has 1 N–H and O–H groups in total. The predicted octanol–water partition coefficient (Wildman–Crippen LogP) is 1.88. The van der Waals surface area contributed by atoms with Crippen molar-refractivity contribution in [2.45, 2.75) is 13.2 Å². The Morgan fingerprint density at radius 3 is 2.94 bits per heavy atom. The highest BCUT2D eigenvalue weighted by Gasteiger charge is 2.06. The second-order valence-electron chi connectivity index (χ2n) is 3.95. The quantitative estimate of drug-likeness (QED) is 0.916. The largest absolute Gasteiger partial charge is 0.487 e. The van der Waals surface area contributed by atoms with E-state index in [4.69, 9.17) is 4.74 Å². The SMILES string of the molecule is CNCc1cc(Br)ccc1OCc1cn(C)nn1. The van der Waals surface area contributed by atoms with Crippen LogP contribution in [0.1, 0.15) is 11.3 Å². The van der Waals surface area contributed by atoms with E-state index in [1.165, 1.54) is 0 Å². The van der Waals surface area contributed by atoms with Gasteiger partial charge in [-0.05, 0) is 25.2 Å². The molecule has 1 aromatic carbocycles. The third-order valence-electron chi connectivity index (χ3n) is 2.42. The number of halogens is 1. The number of benzene rings is 1. The summed E-state index contributed by atoms with van der Waals surface area (Å²) >= 11 is 3.46. The molecule has 0 radical (unpaired) electrons. The lowest BCUT2D eigenvalue weighted by Gasteiger charge is -2.10. The second kappa shape index (κ2) is 5.97. The molecule has 0 saturated carbocycles. The van der Waals surface area contributed by atoms with Crippen LogP contribution in [-0.2, 0) is 20.2 Å². The summed E-state index contributed by atoms with van der Waals surface area (Å²) in [5, 5.41) is 11.0. The highest BCUT2D eigenvalue weighted by Crippen LogP contribution is 2.23. The van der Waals surface area contributed by atoms with Gasteiger partial charge >= 0.3 is 0 Å². The summed E-state index contributed by atoms with van der Waals surface area (Å²) in [6, 6.07) is 5.96. The molecule has 0 saturated heterocycles. The minimum Gasteiger partial charge on any atom is -0.487 e. The number of nitrogens with zero attached hydrogens (tertiary/aromatic N) is 3. The number of hydrogen-bond donors (Lipinski definition) is 1. The van der Waals surface area contributed by atoms with E-state index in [9.17, 15) is 0 Å². The van der Waals surface area contributed by atoms with Gasteiger partial charge in [0.2, 0.25) is 0 Å². The van der Waals surface area contributed by atoms with Gasteiger partial charge in [-0.25, -0.2) is 0 Å². The Morgan fingerprint density at radius 1 is 1.44 bits per heavy atom. The maximum atomic E-state index is 5.77. The summed E-state index contributed by atoms with van der Waals surface area (Å²) < 4.78 is 8.47. The summed E-state index contributed by atoms with van der Waals surface area (Å²) in [7, 11) is 3.75. The Bertz CT molecular complexity index is 527. The predicted molar refractivity (Wildman–Crippen MR) is 72.2 cm³/mol. The molecule has 0 atom stereocenters. The number of aromatic nitrogens is 3. The average molecular weight is 311 g/mol. The standard InChI is InChI=1S/C12H15BrN4O/c1-14-6-9-5-10(13)3-4-12(9)18-8-11-7-17(2)16-15-11/h3-5,7,14H,6,8H2,1-2H3. The molecule has 6 heteroatoms. The maximum Gasteiger partial charge on any atom is 0.134 e. The van der Waals surface area contributed by atoms with Gasteiger partial charge in [-0.2, -0.15) is 0 Å². The summed E-state index contributed by atoms with van der Waals surface area (Å²) in [6.07, 6.45) is 1.84. The van der Waals surface area contributed by atoms with Gasteiger partial charge in [-0.15, -0.1) is 5.10 Å². The summed E-state index contributed by atoms with van der Waals surface area (Å²) in [6.45, 7) is 1.18. The highest BCUT2D eigenvalue weighted by molar-refractivity contribution is 9.10. The van der Waals surface area contributed by atoms with Crippen molar-refractivity contribution in [1.29, 1.82) is 0 Å². The van der Waals surface area contributed by atoms with Crippen LogP contribution in [0.15, 0.2) is 28.9 Å². The number of hydrogen-bond acceptors (Lipinski definition) is 4. The lowest BCUT2D eigenvalue weighted by molar-refractivity contribution is 0.297. The Kier molecular flexibility index (Phi) is 4.33. The van der Waals surface area contributed by atoms with Gasteiger partial charge in [0, 0.05) is 23.6 Å². The van der Waals surface area contributed by atoms with E-state index in [0.29, 0.717) is 6.61 Å². The fraction of sp³-hybridized carbons (Fsp3) is 0.333. The molecule has 0 aliphatic rings. The Morgan fingerprint density at radius 2 is 2.28 bits per heavy atom. The van der Waals surface area contributed by atoms with E-state index in [-0.39, 0.29) is 0 Å². The zero-order valence-corrected chi connectivity index (χ0v) is 11.9. The first kappa shape index (κ1) is 13.0. The first-order valence-corrected chi connectivity index (χ1v) is 6.39. The van der Waals surface area contributed by atoms with Crippen molar-refractivity contribution in [3.05, 3.63) is 40.1 Å². The van der Waals surface area contributed by atoms with Gasteiger partial charge in [0.1, 0.15) is 18.1 Å².